The molecule has 0 N–H and O–H groups in total. The number of carbonyl (C=O) groups is 1. The van der Waals surface area contributed by atoms with Gasteiger partial charge in [-0.25, -0.2) is 9.78 Å². The molecular weight excluding hydrogens is 238 g/mol. The minimum Gasteiger partial charge on any atom is -0.469 e. The normalized spacial score (nSPS) is 12.4. The molecule has 0 aliphatic rings. The van der Waals surface area contributed by atoms with Gasteiger partial charge in [-0.3, -0.25) is 0 Å². The van der Waals surface area contributed by atoms with Gasteiger partial charge in [-0.2, -0.15) is 0 Å². The molecule has 0 aliphatic carbocycles. The fourth-order valence-corrected chi connectivity index (χ4v) is 2.21. The van der Waals surface area contributed by atoms with Crippen LogP contribution >= 0.6 is 11.3 Å². The maximum Gasteiger partial charge on any atom is 0.342 e. The molecule has 0 saturated heterocycles. The monoisotopic (exact) mass is 251 g/mol. The highest BCUT2D eigenvalue weighted by Gasteiger charge is 2.18. The third-order valence-electron chi connectivity index (χ3n) is 2.35. The Morgan fingerprint density at radius 3 is 2.82 bits per heavy atom. The number of aromatic nitrogens is 1. The second-order valence-electron chi connectivity index (χ2n) is 3.77. The number of aryl methyl sites for hydroxylation is 2. The lowest BCUT2D eigenvalue weighted by molar-refractivity contribution is 0.0335. The van der Waals surface area contributed by atoms with Crippen molar-refractivity contribution in [1.29, 1.82) is 0 Å². The van der Waals surface area contributed by atoms with E-state index >= 15 is 0 Å². The smallest absolute Gasteiger partial charge is 0.342 e. The van der Waals surface area contributed by atoms with Gasteiger partial charge in [0.05, 0.1) is 6.26 Å². The Bertz CT molecular complexity index is 529. The van der Waals surface area contributed by atoms with Gasteiger partial charge in [0.1, 0.15) is 16.3 Å². The van der Waals surface area contributed by atoms with Crippen LogP contribution in [0, 0.1) is 13.8 Å². The zero-order chi connectivity index (χ0) is 12.4. The van der Waals surface area contributed by atoms with E-state index in [-0.39, 0.29) is 12.1 Å². The van der Waals surface area contributed by atoms with Gasteiger partial charge in [-0.1, -0.05) is 0 Å². The summed E-state index contributed by atoms with van der Waals surface area (Å²) < 4.78 is 10.4. The van der Waals surface area contributed by atoms with Gasteiger partial charge in [0.15, 0.2) is 6.10 Å². The molecule has 2 aromatic heterocycles. The molecule has 0 amide bonds. The number of hydrogen-bond donors (Lipinski definition) is 0. The molecule has 5 heteroatoms. The van der Waals surface area contributed by atoms with Crippen molar-refractivity contribution in [2.75, 3.05) is 0 Å². The molecule has 2 aromatic rings. The zero-order valence-corrected chi connectivity index (χ0v) is 10.7. The van der Waals surface area contributed by atoms with Crippen LogP contribution in [0.4, 0.5) is 0 Å². The van der Waals surface area contributed by atoms with Gasteiger partial charge in [-0.05, 0) is 26.8 Å². The van der Waals surface area contributed by atoms with Crippen LogP contribution in [0.25, 0.3) is 0 Å². The first-order valence-corrected chi connectivity index (χ1v) is 6.13. The van der Waals surface area contributed by atoms with Crippen molar-refractivity contribution in [1.82, 2.24) is 4.98 Å². The van der Waals surface area contributed by atoms with Crippen molar-refractivity contribution in [3.63, 3.8) is 0 Å². The summed E-state index contributed by atoms with van der Waals surface area (Å²) in [7, 11) is 0. The van der Waals surface area contributed by atoms with E-state index in [1.165, 1.54) is 17.6 Å². The third-order valence-corrected chi connectivity index (χ3v) is 3.47. The average molecular weight is 251 g/mol. The highest BCUT2D eigenvalue weighted by molar-refractivity contribution is 7.09. The maximum atomic E-state index is 11.8. The van der Waals surface area contributed by atoms with Gasteiger partial charge in [0, 0.05) is 11.1 Å². The van der Waals surface area contributed by atoms with E-state index < -0.39 is 0 Å². The molecule has 2 heterocycles. The molecule has 90 valence electrons. The number of thiazole rings is 1. The predicted molar refractivity (Wildman–Crippen MR) is 64.1 cm³/mol. The molecular formula is C12H13NO3S. The molecule has 17 heavy (non-hydrogen) atoms. The maximum absolute atomic E-state index is 11.8. The third kappa shape index (κ3) is 2.55. The van der Waals surface area contributed by atoms with E-state index in [1.54, 1.807) is 13.0 Å². The van der Waals surface area contributed by atoms with Gasteiger partial charge in [0.2, 0.25) is 0 Å². The SMILES string of the molecule is Cc1csc(C(C)OC(=O)c2ccoc2C)n1. The Morgan fingerprint density at radius 2 is 2.29 bits per heavy atom. The molecule has 2 rings (SSSR count). The topological polar surface area (TPSA) is 52.3 Å². The van der Waals surface area contributed by atoms with Crippen LogP contribution < -0.4 is 0 Å². The number of ether oxygens (including phenoxy) is 1. The molecule has 0 saturated carbocycles. The van der Waals surface area contributed by atoms with Crippen molar-refractivity contribution < 1.29 is 13.9 Å². The Balaban J connectivity index is 2.07. The summed E-state index contributed by atoms with van der Waals surface area (Å²) in [4.78, 5) is 16.1. The average Bonchev–Trinajstić information content (AvgIpc) is 2.86. The van der Waals surface area contributed by atoms with Crippen LogP contribution in [0.3, 0.4) is 0 Å². The van der Waals surface area contributed by atoms with Crippen molar-refractivity contribution in [2.45, 2.75) is 26.9 Å². The van der Waals surface area contributed by atoms with E-state index in [0.717, 1.165) is 10.7 Å². The predicted octanol–water partition coefficient (Wildman–Crippen LogP) is 3.27. The molecule has 0 aromatic carbocycles. The Morgan fingerprint density at radius 1 is 1.53 bits per heavy atom. The van der Waals surface area contributed by atoms with Crippen molar-refractivity contribution in [3.05, 3.63) is 39.7 Å². The molecule has 1 unspecified atom stereocenters. The van der Waals surface area contributed by atoms with Gasteiger partial charge in [-0.15, -0.1) is 11.3 Å². The van der Waals surface area contributed by atoms with E-state index in [9.17, 15) is 4.79 Å². The molecule has 0 radical (unpaired) electrons. The van der Waals surface area contributed by atoms with Crippen LogP contribution in [-0.2, 0) is 4.74 Å². The summed E-state index contributed by atoms with van der Waals surface area (Å²) in [5.41, 5.74) is 1.40. The molecule has 0 fully saturated rings. The number of esters is 1. The second kappa shape index (κ2) is 4.71. The Labute approximate surface area is 103 Å². The van der Waals surface area contributed by atoms with Crippen molar-refractivity contribution in [2.24, 2.45) is 0 Å². The van der Waals surface area contributed by atoms with E-state index in [1.807, 2.05) is 19.2 Å². The van der Waals surface area contributed by atoms with Crippen LogP contribution in [-0.4, -0.2) is 11.0 Å². The summed E-state index contributed by atoms with van der Waals surface area (Å²) in [6.45, 7) is 5.45. The largest absolute Gasteiger partial charge is 0.469 e. The minimum atomic E-state index is -0.378. The summed E-state index contributed by atoms with van der Waals surface area (Å²) in [6.07, 6.45) is 1.14. The van der Waals surface area contributed by atoms with Crippen LogP contribution in [0.5, 0.6) is 0 Å². The highest BCUT2D eigenvalue weighted by Crippen LogP contribution is 2.23. The van der Waals surface area contributed by atoms with E-state index in [0.29, 0.717) is 11.3 Å². The van der Waals surface area contributed by atoms with E-state index in [2.05, 4.69) is 4.98 Å². The Hall–Kier alpha value is -1.62. The minimum absolute atomic E-state index is 0.338. The lowest BCUT2D eigenvalue weighted by atomic mass is 10.2. The second-order valence-corrected chi connectivity index (χ2v) is 4.65. The molecule has 0 bridgehead atoms. The lowest BCUT2D eigenvalue weighted by Gasteiger charge is -2.09. The van der Waals surface area contributed by atoms with Gasteiger partial charge < -0.3 is 9.15 Å². The number of furan rings is 1. The van der Waals surface area contributed by atoms with Gasteiger partial charge in [0.25, 0.3) is 0 Å². The van der Waals surface area contributed by atoms with Crippen LogP contribution in [0.15, 0.2) is 22.1 Å². The van der Waals surface area contributed by atoms with Gasteiger partial charge >= 0.3 is 5.97 Å². The first-order chi connectivity index (χ1) is 8.08. The van der Waals surface area contributed by atoms with Crippen LogP contribution in [0.2, 0.25) is 0 Å². The first-order valence-electron chi connectivity index (χ1n) is 5.25. The zero-order valence-electron chi connectivity index (χ0n) is 9.89. The highest BCUT2D eigenvalue weighted by atomic mass is 32.1. The summed E-state index contributed by atoms with van der Waals surface area (Å²) in [5.74, 6) is 0.189. The molecule has 0 spiro atoms. The molecule has 0 aliphatic heterocycles. The lowest BCUT2D eigenvalue weighted by Crippen LogP contribution is -2.09. The first kappa shape index (κ1) is 11.9. The Kier molecular flexibility index (Phi) is 3.28. The van der Waals surface area contributed by atoms with Crippen molar-refractivity contribution >= 4 is 17.3 Å². The fourth-order valence-electron chi connectivity index (χ4n) is 1.43. The molecule has 1 atom stereocenters. The standard InChI is InChI=1S/C12H13NO3S/c1-7-6-17-11(13-7)9(3)16-12(14)10-4-5-15-8(10)2/h4-6,9H,1-3H3. The quantitative estimate of drug-likeness (QED) is 0.785. The van der Waals surface area contributed by atoms with E-state index in [4.69, 9.17) is 9.15 Å². The summed E-state index contributed by atoms with van der Waals surface area (Å²) in [5, 5.41) is 2.74. The summed E-state index contributed by atoms with van der Waals surface area (Å²) in [6, 6.07) is 1.61. The number of carbonyl (C=O) groups excluding carboxylic acids is 1. The molecule has 4 nitrogen and oxygen atoms in total. The number of hydrogen-bond acceptors (Lipinski definition) is 5. The van der Waals surface area contributed by atoms with Crippen LogP contribution in [0.1, 0.15) is 39.8 Å². The fraction of sp³-hybridized carbons (Fsp3) is 0.333. The number of nitrogens with zero attached hydrogens (tertiary/aromatic N) is 1. The number of rotatable bonds is 3. The summed E-state index contributed by atoms with van der Waals surface area (Å²) >= 11 is 1.49. The van der Waals surface area contributed by atoms with Crippen molar-refractivity contribution in [3.8, 4) is 0 Å².